The number of hydrogen-bond donors (Lipinski definition) is 3. The Balaban J connectivity index is 2.22. The molecule has 1 saturated heterocycles. The molecule has 3 aliphatic rings. The Morgan fingerprint density at radius 3 is 2.57 bits per heavy atom. The number of esters is 1. The number of aliphatic hydroxyl groups excluding tert-OH is 3. The first-order valence-electron chi connectivity index (χ1n) is 7.18. The Labute approximate surface area is 122 Å². The molecule has 1 aliphatic heterocycles. The van der Waals surface area contributed by atoms with Crippen LogP contribution in [0, 0.1) is 22.7 Å². The minimum absolute atomic E-state index is 0.0218. The van der Waals surface area contributed by atoms with Crippen molar-refractivity contribution >= 4 is 12.3 Å². The van der Waals surface area contributed by atoms with Crippen LogP contribution < -0.4 is 0 Å². The average molecular weight is 296 g/mol. The van der Waals surface area contributed by atoms with Gasteiger partial charge in [-0.25, -0.2) is 0 Å². The maximum atomic E-state index is 12.5. The summed E-state index contributed by atoms with van der Waals surface area (Å²) in [5.74, 6) is -1.95. The third kappa shape index (κ3) is 1.58. The van der Waals surface area contributed by atoms with E-state index in [4.69, 9.17) is 4.74 Å². The molecule has 2 fully saturated rings. The van der Waals surface area contributed by atoms with Gasteiger partial charge in [0.05, 0.1) is 18.1 Å². The zero-order chi connectivity index (χ0) is 15.6. The van der Waals surface area contributed by atoms with Gasteiger partial charge >= 0.3 is 5.97 Å². The number of carbonyl (C=O) groups is 2. The summed E-state index contributed by atoms with van der Waals surface area (Å²) in [6, 6.07) is 0. The van der Waals surface area contributed by atoms with Gasteiger partial charge in [-0.05, 0) is 23.3 Å². The van der Waals surface area contributed by atoms with Gasteiger partial charge in [0, 0.05) is 6.42 Å². The van der Waals surface area contributed by atoms with Gasteiger partial charge in [-0.3, -0.25) is 9.59 Å². The first-order valence-corrected chi connectivity index (χ1v) is 7.18. The standard InChI is InChI=1S/C15H20O6/c1-14(2)8-4-3-7(6-16)11-12(19)21-13(20)15(8,11)10(18)5-9(14)17/h3,6,8-12,17-19H,4-5H2,1-2H3/t8-,9+,10-,11+,12-,15-/m0/s1. The molecule has 6 heteroatoms. The number of aliphatic hydroxyl groups is 3. The smallest absolute Gasteiger partial charge is 0.318 e. The number of rotatable bonds is 1. The number of carbonyl (C=O) groups excluding carboxylic acids is 2. The van der Waals surface area contributed by atoms with Crippen LogP contribution in [0.15, 0.2) is 11.6 Å². The summed E-state index contributed by atoms with van der Waals surface area (Å²) in [6.07, 6.45) is -0.653. The minimum atomic E-state index is -1.43. The monoisotopic (exact) mass is 296 g/mol. The van der Waals surface area contributed by atoms with Crippen molar-refractivity contribution < 1.29 is 29.6 Å². The van der Waals surface area contributed by atoms with Crippen molar-refractivity contribution in [3.63, 3.8) is 0 Å². The zero-order valence-corrected chi connectivity index (χ0v) is 12.0. The summed E-state index contributed by atoms with van der Waals surface area (Å²) in [6.45, 7) is 3.68. The summed E-state index contributed by atoms with van der Waals surface area (Å²) in [5.41, 5.74) is -1.70. The SMILES string of the molecule is CC1(C)[C@H](O)C[C@H](O)[C@]23C(=O)O[C@H](O)[C@H]2C(C=O)=CC[C@@H]13. The van der Waals surface area contributed by atoms with Gasteiger partial charge in [0.25, 0.3) is 0 Å². The van der Waals surface area contributed by atoms with E-state index in [2.05, 4.69) is 0 Å². The second-order valence-electron chi connectivity index (χ2n) is 6.91. The highest BCUT2D eigenvalue weighted by atomic mass is 16.6. The number of allylic oxidation sites excluding steroid dienone is 1. The van der Waals surface area contributed by atoms with Gasteiger partial charge in [-0.1, -0.05) is 19.9 Å². The molecular formula is C15H20O6. The Morgan fingerprint density at radius 2 is 1.95 bits per heavy atom. The molecule has 21 heavy (non-hydrogen) atoms. The summed E-state index contributed by atoms with van der Waals surface area (Å²) in [5, 5.41) is 30.9. The lowest BCUT2D eigenvalue weighted by molar-refractivity contribution is -0.191. The van der Waals surface area contributed by atoms with Crippen LogP contribution >= 0.6 is 0 Å². The van der Waals surface area contributed by atoms with E-state index >= 15 is 0 Å². The van der Waals surface area contributed by atoms with E-state index in [1.807, 2.05) is 13.8 Å². The molecule has 2 aliphatic carbocycles. The predicted octanol–water partition coefficient (Wildman–Crippen LogP) is -0.239. The van der Waals surface area contributed by atoms with Crippen molar-refractivity contribution in [1.82, 2.24) is 0 Å². The van der Waals surface area contributed by atoms with Crippen LogP contribution in [-0.2, 0) is 14.3 Å². The van der Waals surface area contributed by atoms with E-state index in [9.17, 15) is 24.9 Å². The quantitative estimate of drug-likeness (QED) is 0.456. The molecule has 6 atom stereocenters. The summed E-state index contributed by atoms with van der Waals surface area (Å²) >= 11 is 0. The van der Waals surface area contributed by atoms with Crippen molar-refractivity contribution in [3.8, 4) is 0 Å². The molecule has 1 saturated carbocycles. The van der Waals surface area contributed by atoms with E-state index < -0.39 is 47.1 Å². The van der Waals surface area contributed by atoms with Crippen molar-refractivity contribution in [2.75, 3.05) is 0 Å². The molecule has 0 unspecified atom stereocenters. The second kappa shape index (κ2) is 4.38. The van der Waals surface area contributed by atoms with Gasteiger partial charge < -0.3 is 20.1 Å². The lowest BCUT2D eigenvalue weighted by Gasteiger charge is -2.56. The number of cyclic esters (lactones) is 1. The lowest BCUT2D eigenvalue weighted by Crippen LogP contribution is -2.63. The number of hydrogen-bond acceptors (Lipinski definition) is 6. The molecule has 0 aromatic heterocycles. The molecule has 0 aromatic carbocycles. The molecular weight excluding hydrogens is 276 g/mol. The van der Waals surface area contributed by atoms with Gasteiger partial charge in [0.15, 0.2) is 0 Å². The lowest BCUT2D eigenvalue weighted by atomic mass is 9.46. The van der Waals surface area contributed by atoms with Gasteiger partial charge in [-0.2, -0.15) is 0 Å². The molecule has 0 aromatic rings. The fourth-order valence-electron chi connectivity index (χ4n) is 4.58. The van der Waals surface area contributed by atoms with E-state index in [1.54, 1.807) is 6.08 Å². The van der Waals surface area contributed by atoms with E-state index in [0.717, 1.165) is 0 Å². The highest BCUT2D eigenvalue weighted by Crippen LogP contribution is 2.63. The molecule has 6 nitrogen and oxygen atoms in total. The van der Waals surface area contributed by atoms with Crippen LogP contribution in [0.25, 0.3) is 0 Å². The third-order valence-electron chi connectivity index (χ3n) is 5.80. The van der Waals surface area contributed by atoms with Crippen LogP contribution in [0.1, 0.15) is 26.7 Å². The first kappa shape index (κ1) is 14.7. The van der Waals surface area contributed by atoms with Crippen LogP contribution in [-0.4, -0.2) is 46.1 Å². The molecule has 0 radical (unpaired) electrons. The van der Waals surface area contributed by atoms with E-state index in [0.29, 0.717) is 12.7 Å². The Hall–Kier alpha value is -1.24. The predicted molar refractivity (Wildman–Crippen MR) is 70.7 cm³/mol. The molecule has 0 amide bonds. The minimum Gasteiger partial charge on any atom is -0.435 e. The fraction of sp³-hybridized carbons (Fsp3) is 0.733. The molecule has 3 N–H and O–H groups in total. The molecule has 0 bridgehead atoms. The van der Waals surface area contributed by atoms with Crippen molar-refractivity contribution in [1.29, 1.82) is 0 Å². The molecule has 116 valence electrons. The molecule has 1 heterocycles. The topological polar surface area (TPSA) is 104 Å². The Kier molecular flexibility index (Phi) is 3.06. The molecule has 1 spiro atoms. The van der Waals surface area contributed by atoms with Gasteiger partial charge in [0.2, 0.25) is 6.29 Å². The van der Waals surface area contributed by atoms with Crippen LogP contribution in [0.2, 0.25) is 0 Å². The van der Waals surface area contributed by atoms with Crippen molar-refractivity contribution in [2.24, 2.45) is 22.7 Å². The normalized spacial score (nSPS) is 48.0. The maximum Gasteiger partial charge on any atom is 0.318 e. The van der Waals surface area contributed by atoms with Gasteiger partial charge in [0.1, 0.15) is 11.7 Å². The summed E-state index contributed by atoms with van der Waals surface area (Å²) in [4.78, 5) is 23.8. The largest absolute Gasteiger partial charge is 0.435 e. The second-order valence-corrected chi connectivity index (χ2v) is 6.91. The third-order valence-corrected chi connectivity index (χ3v) is 5.80. The number of aldehydes is 1. The summed E-state index contributed by atoms with van der Waals surface area (Å²) < 4.78 is 4.97. The molecule has 3 rings (SSSR count). The Morgan fingerprint density at radius 1 is 1.29 bits per heavy atom. The highest BCUT2D eigenvalue weighted by molar-refractivity contribution is 5.86. The Bertz CT molecular complexity index is 524. The first-order chi connectivity index (χ1) is 9.77. The highest BCUT2D eigenvalue weighted by Gasteiger charge is 2.72. The average Bonchev–Trinajstić information content (AvgIpc) is 2.69. The van der Waals surface area contributed by atoms with Gasteiger partial charge in [-0.15, -0.1) is 0 Å². The van der Waals surface area contributed by atoms with Crippen molar-refractivity contribution in [2.45, 2.75) is 45.2 Å². The summed E-state index contributed by atoms with van der Waals surface area (Å²) in [7, 11) is 0. The van der Waals surface area contributed by atoms with E-state index in [1.165, 1.54) is 0 Å². The van der Waals surface area contributed by atoms with Crippen LogP contribution in [0.3, 0.4) is 0 Å². The number of ether oxygens (including phenoxy) is 1. The van der Waals surface area contributed by atoms with Crippen LogP contribution in [0.4, 0.5) is 0 Å². The zero-order valence-electron chi connectivity index (χ0n) is 12.0. The van der Waals surface area contributed by atoms with E-state index in [-0.39, 0.29) is 12.0 Å². The van der Waals surface area contributed by atoms with Crippen molar-refractivity contribution in [3.05, 3.63) is 11.6 Å². The fourth-order valence-corrected chi connectivity index (χ4v) is 4.58. The van der Waals surface area contributed by atoms with Crippen LogP contribution in [0.5, 0.6) is 0 Å². The maximum absolute atomic E-state index is 12.5.